The van der Waals surface area contributed by atoms with Gasteiger partial charge in [-0.15, -0.1) is 0 Å². The predicted octanol–water partition coefficient (Wildman–Crippen LogP) is 2.68. The molecule has 0 saturated heterocycles. The van der Waals surface area contributed by atoms with Gasteiger partial charge in [-0.2, -0.15) is 5.10 Å². The highest BCUT2D eigenvalue weighted by molar-refractivity contribution is 5.97. The van der Waals surface area contributed by atoms with E-state index in [1.165, 1.54) is 0 Å². The van der Waals surface area contributed by atoms with Gasteiger partial charge in [0.25, 0.3) is 5.91 Å². The molecule has 9 heteroatoms. The molecule has 1 aromatic heterocycles. The number of para-hydroxylation sites is 2. The van der Waals surface area contributed by atoms with Gasteiger partial charge < -0.3 is 18.8 Å². The van der Waals surface area contributed by atoms with Crippen molar-refractivity contribution in [2.45, 2.75) is 19.4 Å². The van der Waals surface area contributed by atoms with E-state index in [1.807, 2.05) is 18.2 Å². The number of hydrogen-bond donors (Lipinski definition) is 1. The molecule has 0 fully saturated rings. The Kier molecular flexibility index (Phi) is 5.52. The summed E-state index contributed by atoms with van der Waals surface area (Å²) in [4.78, 5) is 39.5. The van der Waals surface area contributed by atoms with Gasteiger partial charge >= 0.3 is 5.63 Å². The molecule has 3 aromatic rings. The van der Waals surface area contributed by atoms with Gasteiger partial charge in [0.05, 0.1) is 5.92 Å². The zero-order chi connectivity index (χ0) is 22.8. The number of carbonyl (C=O) groups excluding carboxylic acids is 2. The molecular formula is C24H21N3O6. The van der Waals surface area contributed by atoms with E-state index in [9.17, 15) is 14.4 Å². The van der Waals surface area contributed by atoms with Crippen molar-refractivity contribution in [1.82, 2.24) is 10.3 Å². The summed E-state index contributed by atoms with van der Waals surface area (Å²) < 4.78 is 16.4. The Balaban J connectivity index is 1.42. The lowest BCUT2D eigenvalue weighted by molar-refractivity contribution is -0.122. The van der Waals surface area contributed by atoms with Crippen LogP contribution < -0.4 is 20.5 Å². The summed E-state index contributed by atoms with van der Waals surface area (Å²) in [5.41, 5.74) is 2.87. The van der Waals surface area contributed by atoms with Gasteiger partial charge in [-0.1, -0.05) is 30.3 Å². The normalized spacial score (nSPS) is 16.2. The van der Waals surface area contributed by atoms with E-state index >= 15 is 0 Å². The minimum absolute atomic E-state index is 0.0429. The molecule has 2 aliphatic heterocycles. The SMILES string of the molecule is O=C1NN=CC1CCCN(Cc1cccc2c1OCO2)C(=O)c1cc2ccccc2oc1=O. The smallest absolute Gasteiger partial charge is 0.349 e. The lowest BCUT2D eigenvalue weighted by atomic mass is 10.0. The summed E-state index contributed by atoms with van der Waals surface area (Å²) in [5, 5.41) is 4.45. The minimum atomic E-state index is -0.691. The Morgan fingerprint density at radius 2 is 2.00 bits per heavy atom. The van der Waals surface area contributed by atoms with Crippen LogP contribution in [0.3, 0.4) is 0 Å². The van der Waals surface area contributed by atoms with Gasteiger partial charge in [0.1, 0.15) is 11.1 Å². The van der Waals surface area contributed by atoms with Gasteiger partial charge in [-0.3, -0.25) is 9.59 Å². The lowest BCUT2D eigenvalue weighted by Crippen LogP contribution is -2.35. The topological polar surface area (TPSA) is 110 Å². The van der Waals surface area contributed by atoms with Crippen LogP contribution in [0.25, 0.3) is 11.0 Å². The maximum atomic E-state index is 13.5. The van der Waals surface area contributed by atoms with Crippen LogP contribution in [0.4, 0.5) is 0 Å². The van der Waals surface area contributed by atoms with E-state index in [1.54, 1.807) is 41.4 Å². The third-order valence-electron chi connectivity index (χ3n) is 5.71. The Morgan fingerprint density at radius 3 is 2.85 bits per heavy atom. The van der Waals surface area contributed by atoms with Crippen molar-refractivity contribution in [2.24, 2.45) is 11.0 Å². The van der Waals surface area contributed by atoms with Crippen molar-refractivity contribution in [3.63, 3.8) is 0 Å². The fraction of sp³-hybridized carbons (Fsp3) is 0.250. The molecule has 1 unspecified atom stereocenters. The van der Waals surface area contributed by atoms with Crippen LogP contribution >= 0.6 is 0 Å². The van der Waals surface area contributed by atoms with Crippen molar-refractivity contribution in [2.75, 3.05) is 13.3 Å². The maximum absolute atomic E-state index is 13.5. The Morgan fingerprint density at radius 1 is 1.12 bits per heavy atom. The first-order chi connectivity index (χ1) is 16.1. The fourth-order valence-electron chi connectivity index (χ4n) is 4.00. The van der Waals surface area contributed by atoms with E-state index in [2.05, 4.69) is 10.5 Å². The van der Waals surface area contributed by atoms with E-state index < -0.39 is 11.5 Å². The first kappa shape index (κ1) is 20.7. The third-order valence-corrected chi connectivity index (χ3v) is 5.71. The van der Waals surface area contributed by atoms with Gasteiger partial charge in [-0.05, 0) is 31.0 Å². The van der Waals surface area contributed by atoms with E-state index in [0.717, 1.165) is 5.56 Å². The molecular weight excluding hydrogens is 426 g/mol. The molecule has 33 heavy (non-hydrogen) atoms. The van der Waals surface area contributed by atoms with Crippen molar-refractivity contribution >= 4 is 29.0 Å². The lowest BCUT2D eigenvalue weighted by Gasteiger charge is -2.23. The number of nitrogens with zero attached hydrogens (tertiary/aromatic N) is 2. The molecule has 1 N–H and O–H groups in total. The van der Waals surface area contributed by atoms with E-state index in [4.69, 9.17) is 13.9 Å². The molecule has 0 saturated carbocycles. The number of hydrogen-bond acceptors (Lipinski definition) is 7. The van der Waals surface area contributed by atoms with Crippen LogP contribution in [0.15, 0.2) is 62.8 Å². The maximum Gasteiger partial charge on any atom is 0.349 e. The molecule has 168 valence electrons. The first-order valence-electron chi connectivity index (χ1n) is 10.6. The molecule has 1 atom stereocenters. The zero-order valence-corrected chi connectivity index (χ0v) is 17.7. The summed E-state index contributed by atoms with van der Waals surface area (Å²) >= 11 is 0. The largest absolute Gasteiger partial charge is 0.454 e. The molecule has 2 aliphatic rings. The standard InChI is InChI=1S/C24H21N3O6/c28-22-16(12-25-26-22)7-4-10-27(13-17-6-3-9-20-21(17)32-14-31-20)23(29)18-11-15-5-1-2-8-19(15)33-24(18)30/h1-3,5-6,8-9,11-12,16H,4,7,10,13-14H2,(H,26,28). The van der Waals surface area contributed by atoms with Gasteiger partial charge in [0, 0.05) is 30.3 Å². The third kappa shape index (κ3) is 4.17. The number of nitrogens with one attached hydrogen (secondary N) is 1. The number of hydrazone groups is 1. The van der Waals surface area contributed by atoms with Crippen molar-refractivity contribution in [3.8, 4) is 11.5 Å². The number of amides is 2. The van der Waals surface area contributed by atoms with Crippen LogP contribution in [0.5, 0.6) is 11.5 Å². The number of benzene rings is 2. The van der Waals surface area contributed by atoms with Crippen molar-refractivity contribution < 1.29 is 23.5 Å². The van der Waals surface area contributed by atoms with E-state index in [-0.39, 0.29) is 30.7 Å². The molecule has 0 aliphatic carbocycles. The summed E-state index contributed by atoms with van der Waals surface area (Å²) in [6, 6.07) is 14.1. The molecule has 0 spiro atoms. The Hall–Kier alpha value is -4.14. The van der Waals surface area contributed by atoms with Crippen LogP contribution in [0.1, 0.15) is 28.8 Å². The monoisotopic (exact) mass is 447 g/mol. The molecule has 2 amide bonds. The second-order valence-electron chi connectivity index (χ2n) is 7.87. The summed E-state index contributed by atoms with van der Waals surface area (Å²) in [7, 11) is 0. The quantitative estimate of drug-likeness (QED) is 0.558. The second-order valence-corrected chi connectivity index (χ2v) is 7.87. The first-order valence-corrected chi connectivity index (χ1v) is 10.6. The van der Waals surface area contributed by atoms with Gasteiger partial charge in [-0.25, -0.2) is 10.2 Å². The van der Waals surface area contributed by atoms with Crippen LogP contribution in [0.2, 0.25) is 0 Å². The molecule has 0 bridgehead atoms. The average Bonchev–Trinajstić information content (AvgIpc) is 3.47. The summed E-state index contributed by atoms with van der Waals surface area (Å²) in [5.74, 6) is 0.266. The number of fused-ring (bicyclic) bond motifs is 2. The number of carbonyl (C=O) groups is 2. The van der Waals surface area contributed by atoms with Crippen molar-refractivity contribution in [3.05, 3.63) is 70.1 Å². The van der Waals surface area contributed by atoms with Gasteiger partial charge in [0.15, 0.2) is 11.5 Å². The predicted molar refractivity (Wildman–Crippen MR) is 119 cm³/mol. The molecule has 5 rings (SSSR count). The highest BCUT2D eigenvalue weighted by Crippen LogP contribution is 2.36. The van der Waals surface area contributed by atoms with Crippen LogP contribution in [-0.2, 0) is 11.3 Å². The molecule has 9 nitrogen and oxygen atoms in total. The van der Waals surface area contributed by atoms with Gasteiger partial charge in [0.2, 0.25) is 12.7 Å². The van der Waals surface area contributed by atoms with Crippen LogP contribution in [-0.4, -0.2) is 36.3 Å². The number of rotatable bonds is 7. The fourth-order valence-corrected chi connectivity index (χ4v) is 4.00. The Labute approximate surface area is 188 Å². The molecule has 2 aromatic carbocycles. The highest BCUT2D eigenvalue weighted by Gasteiger charge is 2.26. The molecule has 3 heterocycles. The zero-order valence-electron chi connectivity index (χ0n) is 17.7. The average molecular weight is 447 g/mol. The number of ether oxygens (including phenoxy) is 2. The Bertz CT molecular complexity index is 1320. The minimum Gasteiger partial charge on any atom is -0.454 e. The molecule has 0 radical (unpaired) electrons. The van der Waals surface area contributed by atoms with Crippen LogP contribution in [0, 0.1) is 5.92 Å². The summed E-state index contributed by atoms with van der Waals surface area (Å²) in [6.45, 7) is 0.653. The van der Waals surface area contributed by atoms with E-state index in [0.29, 0.717) is 41.9 Å². The summed E-state index contributed by atoms with van der Waals surface area (Å²) in [6.07, 6.45) is 2.64. The van der Waals surface area contributed by atoms with Crippen molar-refractivity contribution in [1.29, 1.82) is 0 Å². The second kappa shape index (κ2) is 8.78. The highest BCUT2D eigenvalue weighted by atomic mass is 16.7.